The lowest BCUT2D eigenvalue weighted by atomic mass is 10.2. The van der Waals surface area contributed by atoms with Gasteiger partial charge in [0, 0.05) is 31.2 Å². The van der Waals surface area contributed by atoms with Gasteiger partial charge in [-0.15, -0.1) is 0 Å². The molecule has 18 heavy (non-hydrogen) atoms. The second kappa shape index (κ2) is 3.54. The molecule has 0 aromatic carbocycles. The van der Waals surface area contributed by atoms with Crippen LogP contribution in [0, 0.1) is 11.8 Å². The van der Waals surface area contributed by atoms with Crippen molar-refractivity contribution in [3.63, 3.8) is 0 Å². The Labute approximate surface area is 107 Å². The lowest BCUT2D eigenvalue weighted by Crippen LogP contribution is -2.31. The first-order valence-electron chi connectivity index (χ1n) is 6.79. The van der Waals surface area contributed by atoms with E-state index in [4.69, 9.17) is 0 Å². The standard InChI is InChI=1S/C14H18N4/c1-9(2)17-7-11-12(8-17)14(11)13-6-10-4-3-5-15-18(10)16-13/h3-6,9,11-12,14H,7-8H2,1-2H3. The van der Waals surface area contributed by atoms with E-state index in [9.17, 15) is 0 Å². The molecule has 94 valence electrons. The molecule has 2 atom stereocenters. The molecule has 2 aromatic heterocycles. The number of aromatic nitrogens is 3. The summed E-state index contributed by atoms with van der Waals surface area (Å²) < 4.78 is 1.75. The van der Waals surface area contributed by atoms with Crippen molar-refractivity contribution in [3.05, 3.63) is 30.1 Å². The molecule has 1 aliphatic carbocycles. The smallest absolute Gasteiger partial charge is 0.0876 e. The Morgan fingerprint density at radius 1 is 1.28 bits per heavy atom. The van der Waals surface area contributed by atoms with E-state index in [2.05, 4.69) is 41.1 Å². The van der Waals surface area contributed by atoms with Crippen molar-refractivity contribution in [2.24, 2.45) is 11.8 Å². The van der Waals surface area contributed by atoms with E-state index < -0.39 is 0 Å². The lowest BCUT2D eigenvalue weighted by molar-refractivity contribution is 0.242. The van der Waals surface area contributed by atoms with Crippen molar-refractivity contribution in [3.8, 4) is 0 Å². The molecule has 3 heterocycles. The van der Waals surface area contributed by atoms with Crippen LogP contribution < -0.4 is 0 Å². The zero-order chi connectivity index (χ0) is 12.3. The van der Waals surface area contributed by atoms with Crippen molar-refractivity contribution < 1.29 is 0 Å². The number of rotatable bonds is 2. The van der Waals surface area contributed by atoms with Gasteiger partial charge in [0.25, 0.3) is 0 Å². The molecule has 2 fully saturated rings. The Kier molecular flexibility index (Phi) is 2.07. The highest BCUT2D eigenvalue weighted by atomic mass is 15.4. The van der Waals surface area contributed by atoms with Crippen LogP contribution in [0.1, 0.15) is 25.5 Å². The molecule has 0 radical (unpaired) electrons. The summed E-state index contributed by atoms with van der Waals surface area (Å²) in [6.45, 7) is 7.06. The van der Waals surface area contributed by atoms with Crippen molar-refractivity contribution in [2.45, 2.75) is 25.8 Å². The van der Waals surface area contributed by atoms with Gasteiger partial charge in [0.05, 0.1) is 11.2 Å². The fraction of sp³-hybridized carbons (Fsp3) is 0.571. The summed E-state index contributed by atoms with van der Waals surface area (Å²) in [6.07, 6.45) is 1.79. The Balaban J connectivity index is 1.57. The second-order valence-corrected chi connectivity index (χ2v) is 5.91. The predicted octanol–water partition coefficient (Wildman–Crippen LogP) is 1.78. The minimum Gasteiger partial charge on any atom is -0.300 e. The summed E-state index contributed by atoms with van der Waals surface area (Å²) in [7, 11) is 0. The average Bonchev–Trinajstić information content (AvgIpc) is 2.79. The summed E-state index contributed by atoms with van der Waals surface area (Å²) in [5.74, 6) is 2.34. The third-order valence-corrected chi connectivity index (χ3v) is 4.56. The van der Waals surface area contributed by atoms with Gasteiger partial charge in [0.15, 0.2) is 0 Å². The summed E-state index contributed by atoms with van der Waals surface area (Å²) in [4.78, 5) is 2.58. The van der Waals surface area contributed by atoms with E-state index in [1.54, 1.807) is 10.8 Å². The van der Waals surface area contributed by atoms with Gasteiger partial charge in [0.1, 0.15) is 0 Å². The number of piperidine rings is 1. The van der Waals surface area contributed by atoms with Crippen molar-refractivity contribution in [1.29, 1.82) is 0 Å². The van der Waals surface area contributed by atoms with Crippen LogP contribution in [0.3, 0.4) is 0 Å². The molecule has 4 heteroatoms. The van der Waals surface area contributed by atoms with E-state index in [1.807, 2.05) is 6.07 Å². The fourth-order valence-corrected chi connectivity index (χ4v) is 3.44. The minimum atomic E-state index is 0.682. The highest BCUT2D eigenvalue weighted by molar-refractivity contribution is 5.47. The first-order chi connectivity index (χ1) is 8.74. The van der Waals surface area contributed by atoms with Gasteiger partial charge in [0.2, 0.25) is 0 Å². The molecule has 4 nitrogen and oxygen atoms in total. The van der Waals surface area contributed by atoms with Gasteiger partial charge in [-0.05, 0) is 43.9 Å². The SMILES string of the molecule is CC(C)N1CC2C(C1)C2c1cc2cccnn2n1. The average molecular weight is 242 g/mol. The van der Waals surface area contributed by atoms with E-state index >= 15 is 0 Å². The molecule has 1 saturated carbocycles. The van der Waals surface area contributed by atoms with Crippen LogP contribution in [0.5, 0.6) is 0 Å². The number of nitrogens with zero attached hydrogens (tertiary/aromatic N) is 4. The third-order valence-electron chi connectivity index (χ3n) is 4.56. The molecule has 1 aliphatic heterocycles. The van der Waals surface area contributed by atoms with Crippen LogP contribution in [0.25, 0.3) is 5.52 Å². The van der Waals surface area contributed by atoms with Gasteiger partial charge >= 0.3 is 0 Å². The molecule has 0 N–H and O–H groups in total. The normalized spacial score (nSPS) is 31.2. The molecule has 1 saturated heterocycles. The number of hydrogen-bond donors (Lipinski definition) is 0. The molecule has 2 aliphatic rings. The van der Waals surface area contributed by atoms with Gasteiger partial charge in [-0.2, -0.15) is 14.8 Å². The molecule has 0 spiro atoms. The first-order valence-corrected chi connectivity index (χ1v) is 6.79. The van der Waals surface area contributed by atoms with Crippen LogP contribution in [0.4, 0.5) is 0 Å². The Morgan fingerprint density at radius 3 is 2.72 bits per heavy atom. The maximum atomic E-state index is 4.61. The maximum Gasteiger partial charge on any atom is 0.0876 e. The van der Waals surface area contributed by atoms with Gasteiger partial charge < -0.3 is 4.90 Å². The molecule has 4 rings (SSSR count). The molecule has 0 amide bonds. The Hall–Kier alpha value is -1.42. The van der Waals surface area contributed by atoms with Gasteiger partial charge in [-0.3, -0.25) is 0 Å². The van der Waals surface area contributed by atoms with E-state index in [-0.39, 0.29) is 0 Å². The van der Waals surface area contributed by atoms with Crippen LogP contribution >= 0.6 is 0 Å². The van der Waals surface area contributed by atoms with Gasteiger partial charge in [-0.1, -0.05) is 0 Å². The highest BCUT2D eigenvalue weighted by Crippen LogP contribution is 2.58. The monoisotopic (exact) mass is 242 g/mol. The summed E-state index contributed by atoms with van der Waals surface area (Å²) >= 11 is 0. The summed E-state index contributed by atoms with van der Waals surface area (Å²) in [5.41, 5.74) is 2.35. The maximum absolute atomic E-state index is 4.61. The second-order valence-electron chi connectivity index (χ2n) is 5.91. The van der Waals surface area contributed by atoms with Crippen LogP contribution in [0.2, 0.25) is 0 Å². The van der Waals surface area contributed by atoms with E-state index in [1.165, 1.54) is 18.8 Å². The van der Waals surface area contributed by atoms with Crippen LogP contribution in [0.15, 0.2) is 24.4 Å². The topological polar surface area (TPSA) is 33.4 Å². The number of hydrogen-bond acceptors (Lipinski definition) is 3. The zero-order valence-electron chi connectivity index (χ0n) is 10.8. The third kappa shape index (κ3) is 1.42. The molecular formula is C14H18N4. The lowest BCUT2D eigenvalue weighted by Gasteiger charge is -2.22. The minimum absolute atomic E-state index is 0.682. The van der Waals surface area contributed by atoms with Crippen molar-refractivity contribution in [2.75, 3.05) is 13.1 Å². The van der Waals surface area contributed by atoms with Crippen molar-refractivity contribution in [1.82, 2.24) is 19.7 Å². The highest BCUT2D eigenvalue weighted by Gasteiger charge is 2.57. The Bertz CT molecular complexity index is 543. The predicted molar refractivity (Wildman–Crippen MR) is 69.4 cm³/mol. The van der Waals surface area contributed by atoms with Crippen molar-refractivity contribution >= 4 is 5.52 Å². The molecular weight excluding hydrogens is 224 g/mol. The largest absolute Gasteiger partial charge is 0.300 e. The number of fused-ring (bicyclic) bond motifs is 2. The zero-order valence-corrected chi connectivity index (χ0v) is 10.8. The molecule has 0 bridgehead atoms. The van der Waals surface area contributed by atoms with Crippen LogP contribution in [-0.4, -0.2) is 38.9 Å². The molecule has 2 aromatic rings. The Morgan fingerprint density at radius 2 is 2.06 bits per heavy atom. The quantitative estimate of drug-likeness (QED) is 0.805. The van der Waals surface area contributed by atoms with E-state index in [0.717, 1.165) is 17.4 Å². The summed E-state index contributed by atoms with van der Waals surface area (Å²) in [5, 5.41) is 8.86. The van der Waals surface area contributed by atoms with E-state index in [0.29, 0.717) is 12.0 Å². The van der Waals surface area contributed by atoms with Crippen LogP contribution in [-0.2, 0) is 0 Å². The molecule has 2 unspecified atom stereocenters. The first kappa shape index (κ1) is 10.5. The van der Waals surface area contributed by atoms with Gasteiger partial charge in [-0.25, -0.2) is 0 Å². The number of likely N-dealkylation sites (tertiary alicyclic amines) is 1. The fourth-order valence-electron chi connectivity index (χ4n) is 3.44. The summed E-state index contributed by atoms with van der Waals surface area (Å²) in [6, 6.07) is 6.92.